The van der Waals surface area contributed by atoms with Gasteiger partial charge in [-0.25, -0.2) is 18.2 Å². The number of halogens is 1. The maximum absolute atomic E-state index is 12.3. The second-order valence-corrected chi connectivity index (χ2v) is 20.8. The van der Waals surface area contributed by atoms with E-state index in [0.29, 0.717) is 42.2 Å². The molecular formula is C27H39BrN8O5SSi. The molecule has 0 radical (unpaired) electrons. The highest BCUT2D eigenvalue weighted by Crippen LogP contribution is 2.24. The van der Waals surface area contributed by atoms with Crippen LogP contribution in [0.15, 0.2) is 34.0 Å². The van der Waals surface area contributed by atoms with E-state index < -0.39 is 29.6 Å². The van der Waals surface area contributed by atoms with Gasteiger partial charge in [0.25, 0.3) is 5.16 Å². The van der Waals surface area contributed by atoms with Crippen molar-refractivity contribution in [1.29, 1.82) is 0 Å². The molecule has 1 amide bonds. The van der Waals surface area contributed by atoms with Crippen LogP contribution in [0.5, 0.6) is 0 Å². The number of nitrogens with one attached hydrogen (secondary N) is 2. The maximum atomic E-state index is 12.3. The van der Waals surface area contributed by atoms with Crippen LogP contribution in [0.4, 0.5) is 10.7 Å². The molecular weight excluding hydrogens is 656 g/mol. The van der Waals surface area contributed by atoms with Gasteiger partial charge >= 0.3 is 6.09 Å². The van der Waals surface area contributed by atoms with Crippen molar-refractivity contribution in [3.63, 3.8) is 0 Å². The van der Waals surface area contributed by atoms with Gasteiger partial charge < -0.3 is 24.7 Å². The van der Waals surface area contributed by atoms with Crippen LogP contribution in [0.1, 0.15) is 32.2 Å². The van der Waals surface area contributed by atoms with Crippen molar-refractivity contribution in [3.8, 4) is 0 Å². The van der Waals surface area contributed by atoms with Gasteiger partial charge in [-0.3, -0.25) is 0 Å². The van der Waals surface area contributed by atoms with Crippen LogP contribution in [0.3, 0.4) is 0 Å². The zero-order chi connectivity index (χ0) is 31.6. The van der Waals surface area contributed by atoms with Crippen LogP contribution < -0.4 is 10.6 Å². The van der Waals surface area contributed by atoms with Gasteiger partial charge in [-0.1, -0.05) is 31.8 Å². The average Bonchev–Trinajstić information content (AvgIpc) is 3.43. The fourth-order valence-corrected chi connectivity index (χ4v) is 5.76. The summed E-state index contributed by atoms with van der Waals surface area (Å²) < 4.78 is 40.0. The molecule has 0 saturated heterocycles. The SMILES string of the molecule is CC(C)(C)OC(=O)NCCc1cccc2c1nc(CNc1nc(S(C)(=O)=O)nc3c(Br)cnn13)n2COCC[Si](C)(C)C. The Balaban J connectivity index is 1.63. The molecule has 0 aliphatic rings. The molecule has 2 N–H and O–H groups in total. The Morgan fingerprint density at radius 3 is 2.56 bits per heavy atom. The van der Waals surface area contributed by atoms with E-state index >= 15 is 0 Å². The molecule has 4 rings (SSSR count). The first-order valence-electron chi connectivity index (χ1n) is 13.9. The number of para-hydroxylation sites is 1. The summed E-state index contributed by atoms with van der Waals surface area (Å²) in [5.74, 6) is 0.866. The third kappa shape index (κ3) is 8.74. The minimum atomic E-state index is -3.68. The molecule has 0 aliphatic heterocycles. The third-order valence-electron chi connectivity index (χ3n) is 6.26. The molecule has 0 atom stereocenters. The fraction of sp³-hybridized carbons (Fsp3) is 0.519. The van der Waals surface area contributed by atoms with Crippen molar-refractivity contribution in [2.24, 2.45) is 0 Å². The lowest BCUT2D eigenvalue weighted by atomic mass is 10.1. The number of amides is 1. The van der Waals surface area contributed by atoms with E-state index in [1.165, 1.54) is 10.7 Å². The number of carbonyl (C=O) groups excluding carboxylic acids is 1. The summed E-state index contributed by atoms with van der Waals surface area (Å²) in [6.07, 6.45) is 2.66. The number of anilines is 1. The monoisotopic (exact) mass is 694 g/mol. The van der Waals surface area contributed by atoms with E-state index in [9.17, 15) is 13.2 Å². The van der Waals surface area contributed by atoms with Crippen molar-refractivity contribution in [2.45, 2.75) is 76.9 Å². The Morgan fingerprint density at radius 2 is 1.88 bits per heavy atom. The summed E-state index contributed by atoms with van der Waals surface area (Å²) in [4.78, 5) is 25.5. The predicted molar refractivity (Wildman–Crippen MR) is 171 cm³/mol. The van der Waals surface area contributed by atoms with Crippen molar-refractivity contribution in [1.82, 2.24) is 34.4 Å². The molecule has 0 unspecified atom stereocenters. The second-order valence-electron chi connectivity index (χ2n) is 12.5. The highest BCUT2D eigenvalue weighted by atomic mass is 79.9. The van der Waals surface area contributed by atoms with Gasteiger partial charge in [-0.15, -0.1) is 0 Å². The van der Waals surface area contributed by atoms with Crippen LogP contribution >= 0.6 is 15.9 Å². The summed E-state index contributed by atoms with van der Waals surface area (Å²) in [6, 6.07) is 6.94. The first kappa shape index (κ1) is 32.8. The summed E-state index contributed by atoms with van der Waals surface area (Å²) in [7, 11) is -4.96. The van der Waals surface area contributed by atoms with Crippen LogP contribution in [0, 0.1) is 0 Å². The molecule has 0 spiro atoms. The van der Waals surface area contributed by atoms with Gasteiger partial charge in [0, 0.05) is 27.5 Å². The molecule has 0 fully saturated rings. The smallest absolute Gasteiger partial charge is 0.407 e. The zero-order valence-corrected chi connectivity index (χ0v) is 29.0. The molecule has 234 valence electrons. The van der Waals surface area contributed by atoms with E-state index in [1.807, 2.05) is 43.5 Å². The Morgan fingerprint density at radius 1 is 1.14 bits per heavy atom. The summed E-state index contributed by atoms with van der Waals surface area (Å²) in [5.41, 5.74) is 2.36. The summed E-state index contributed by atoms with van der Waals surface area (Å²) in [5, 5.41) is 9.98. The predicted octanol–water partition coefficient (Wildman–Crippen LogP) is 4.63. The lowest BCUT2D eigenvalue weighted by Gasteiger charge is -2.19. The molecule has 43 heavy (non-hydrogen) atoms. The van der Waals surface area contributed by atoms with Crippen molar-refractivity contribution >= 4 is 62.6 Å². The molecule has 0 bridgehead atoms. The average molecular weight is 696 g/mol. The number of nitrogens with zero attached hydrogens (tertiary/aromatic N) is 6. The molecule has 13 nitrogen and oxygen atoms in total. The minimum absolute atomic E-state index is 0.203. The zero-order valence-electron chi connectivity index (χ0n) is 25.6. The Hall–Kier alpha value is -3.08. The number of ether oxygens (including phenoxy) is 2. The van der Waals surface area contributed by atoms with Gasteiger partial charge in [0.05, 0.1) is 28.2 Å². The van der Waals surface area contributed by atoms with E-state index in [0.717, 1.165) is 28.9 Å². The van der Waals surface area contributed by atoms with Crippen LogP contribution in [0.25, 0.3) is 16.7 Å². The highest BCUT2D eigenvalue weighted by Gasteiger charge is 2.21. The second kappa shape index (κ2) is 12.9. The van der Waals surface area contributed by atoms with Gasteiger partial charge in [0.15, 0.2) is 5.65 Å². The van der Waals surface area contributed by atoms with E-state index in [2.05, 4.69) is 61.3 Å². The Labute approximate surface area is 260 Å². The van der Waals surface area contributed by atoms with Crippen molar-refractivity contribution in [3.05, 3.63) is 40.3 Å². The van der Waals surface area contributed by atoms with Crippen LogP contribution in [-0.2, 0) is 39.0 Å². The van der Waals surface area contributed by atoms with Gasteiger partial charge in [0.2, 0.25) is 15.8 Å². The number of fused-ring (bicyclic) bond motifs is 2. The number of carbonyl (C=O) groups is 1. The maximum Gasteiger partial charge on any atom is 0.407 e. The van der Waals surface area contributed by atoms with E-state index in [4.69, 9.17) is 14.5 Å². The number of imidazole rings is 1. The first-order chi connectivity index (χ1) is 20.0. The third-order valence-corrected chi connectivity index (χ3v) is 9.37. The molecule has 3 heterocycles. The van der Waals surface area contributed by atoms with Crippen molar-refractivity contribution in [2.75, 3.05) is 24.7 Å². The highest BCUT2D eigenvalue weighted by molar-refractivity contribution is 9.10. The number of alkyl carbamates (subject to hydrolysis) is 1. The summed E-state index contributed by atoms with van der Waals surface area (Å²) >= 11 is 3.37. The number of rotatable bonds is 12. The lowest BCUT2D eigenvalue weighted by molar-refractivity contribution is 0.0528. The van der Waals surface area contributed by atoms with Crippen molar-refractivity contribution < 1.29 is 22.7 Å². The molecule has 3 aromatic heterocycles. The molecule has 4 aromatic rings. The number of aromatic nitrogens is 6. The number of hydrogen-bond acceptors (Lipinski definition) is 10. The van der Waals surface area contributed by atoms with E-state index in [1.54, 1.807) is 0 Å². The molecule has 16 heteroatoms. The lowest BCUT2D eigenvalue weighted by Crippen LogP contribution is -2.33. The van der Waals surface area contributed by atoms with Gasteiger partial charge in [-0.05, 0) is 60.8 Å². The van der Waals surface area contributed by atoms with Crippen LogP contribution in [0.2, 0.25) is 25.7 Å². The van der Waals surface area contributed by atoms with Crippen LogP contribution in [-0.4, -0.2) is 76.7 Å². The first-order valence-corrected chi connectivity index (χ1v) is 20.3. The number of benzene rings is 1. The fourth-order valence-electron chi connectivity index (χ4n) is 4.15. The summed E-state index contributed by atoms with van der Waals surface area (Å²) in [6.45, 7) is 13.9. The Kier molecular flexibility index (Phi) is 9.83. The topological polar surface area (TPSA) is 155 Å². The molecule has 1 aromatic carbocycles. The van der Waals surface area contributed by atoms with Gasteiger partial charge in [0.1, 0.15) is 18.2 Å². The minimum Gasteiger partial charge on any atom is -0.444 e. The largest absolute Gasteiger partial charge is 0.444 e. The number of sulfone groups is 1. The Bertz CT molecular complexity index is 1730. The standard InChI is InChI=1S/C27H39BrN8O5SSi/c1-27(2,3)41-26(37)29-12-11-18-9-8-10-20-22(18)32-21(35(20)17-40-13-14-43(5,6)7)16-30-24-34-25(42(4,38)39)33-23-19(28)15-31-36(23)24/h8-10,15H,11-14,16-17H2,1-7H3,(H,29,37)(H,30,33,34). The quantitative estimate of drug-likeness (QED) is 0.158. The van der Waals surface area contributed by atoms with E-state index in [-0.39, 0.29) is 17.6 Å². The molecule has 0 saturated carbocycles. The molecule has 0 aliphatic carbocycles. The normalized spacial score (nSPS) is 12.7. The number of hydrogen-bond donors (Lipinski definition) is 2. The van der Waals surface area contributed by atoms with Gasteiger partial charge in [-0.2, -0.15) is 19.6 Å².